The molecule has 0 fully saturated rings. The van der Waals surface area contributed by atoms with E-state index in [1.54, 1.807) is 6.20 Å². The molecule has 1 aromatic rings. The minimum Gasteiger partial charge on any atom is -0.396 e. The van der Waals surface area contributed by atoms with Gasteiger partial charge in [-0.25, -0.2) is 0 Å². The maximum absolute atomic E-state index is 8.75. The van der Waals surface area contributed by atoms with Gasteiger partial charge in [-0.2, -0.15) is 0 Å². The van der Waals surface area contributed by atoms with Crippen LogP contribution < -0.4 is 0 Å². The summed E-state index contributed by atoms with van der Waals surface area (Å²) in [6.07, 6.45) is 1.74. The van der Waals surface area contributed by atoms with Gasteiger partial charge in [0.1, 0.15) is 0 Å². The number of aliphatic hydroxyl groups excluding tert-OH is 1. The van der Waals surface area contributed by atoms with Gasteiger partial charge in [-0.05, 0) is 12.1 Å². The number of aromatic nitrogens is 1. The molecule has 0 aliphatic rings. The van der Waals surface area contributed by atoms with Gasteiger partial charge in [0.2, 0.25) is 0 Å². The van der Waals surface area contributed by atoms with Crippen LogP contribution in [0.3, 0.4) is 0 Å². The summed E-state index contributed by atoms with van der Waals surface area (Å²) in [6, 6.07) is 5.71. The zero-order valence-corrected chi connectivity index (χ0v) is 5.99. The Bertz CT molecular complexity index is 186. The van der Waals surface area contributed by atoms with Gasteiger partial charge in [-0.1, -0.05) is 13.0 Å². The van der Waals surface area contributed by atoms with Gasteiger partial charge < -0.3 is 5.11 Å². The predicted molar refractivity (Wildman–Crippen MR) is 39.7 cm³/mol. The molecular formula is C8H11NO. The van der Waals surface area contributed by atoms with Gasteiger partial charge in [-0.3, -0.25) is 4.98 Å². The second-order valence-corrected chi connectivity index (χ2v) is 2.34. The van der Waals surface area contributed by atoms with Crippen LogP contribution in [-0.2, 0) is 0 Å². The van der Waals surface area contributed by atoms with E-state index in [0.717, 1.165) is 5.69 Å². The van der Waals surface area contributed by atoms with Gasteiger partial charge in [0, 0.05) is 17.8 Å². The lowest BCUT2D eigenvalue weighted by molar-refractivity contribution is 0.271. The van der Waals surface area contributed by atoms with Gasteiger partial charge in [0.05, 0.1) is 6.61 Å². The molecule has 0 aromatic carbocycles. The quantitative estimate of drug-likeness (QED) is 0.664. The number of pyridine rings is 1. The lowest BCUT2D eigenvalue weighted by Gasteiger charge is -2.04. The first-order valence-corrected chi connectivity index (χ1v) is 3.36. The first-order valence-electron chi connectivity index (χ1n) is 3.36. The van der Waals surface area contributed by atoms with Crippen molar-refractivity contribution in [2.75, 3.05) is 6.61 Å². The second kappa shape index (κ2) is 3.32. The molecule has 10 heavy (non-hydrogen) atoms. The van der Waals surface area contributed by atoms with E-state index in [1.165, 1.54) is 0 Å². The monoisotopic (exact) mass is 137 g/mol. The summed E-state index contributed by atoms with van der Waals surface area (Å²) in [5.74, 6) is 0.154. The van der Waals surface area contributed by atoms with E-state index < -0.39 is 0 Å². The van der Waals surface area contributed by atoms with Crippen LogP contribution in [0.25, 0.3) is 0 Å². The van der Waals surface area contributed by atoms with Crippen molar-refractivity contribution in [3.63, 3.8) is 0 Å². The summed E-state index contributed by atoms with van der Waals surface area (Å²) in [6.45, 7) is 2.11. The highest BCUT2D eigenvalue weighted by Gasteiger charge is 2.01. The third-order valence-corrected chi connectivity index (χ3v) is 1.47. The number of aliphatic hydroxyl groups is 1. The fourth-order valence-corrected chi connectivity index (χ4v) is 0.761. The fourth-order valence-electron chi connectivity index (χ4n) is 0.761. The third kappa shape index (κ3) is 1.54. The average Bonchev–Trinajstić information content (AvgIpc) is 2.05. The molecule has 0 aliphatic heterocycles. The normalized spacial score (nSPS) is 13.0. The molecule has 0 saturated heterocycles. The van der Waals surface area contributed by atoms with Crippen LogP contribution in [0.5, 0.6) is 0 Å². The second-order valence-electron chi connectivity index (χ2n) is 2.34. The predicted octanol–water partition coefficient (Wildman–Crippen LogP) is 1.18. The molecule has 0 spiro atoms. The first-order chi connectivity index (χ1) is 4.84. The zero-order chi connectivity index (χ0) is 7.40. The summed E-state index contributed by atoms with van der Waals surface area (Å²) < 4.78 is 0. The number of rotatable bonds is 2. The topological polar surface area (TPSA) is 33.1 Å². The Kier molecular flexibility index (Phi) is 2.40. The summed E-state index contributed by atoms with van der Waals surface area (Å²) in [5.41, 5.74) is 0.949. The molecule has 1 rings (SSSR count). The van der Waals surface area contributed by atoms with Crippen LogP contribution in [0.4, 0.5) is 0 Å². The van der Waals surface area contributed by atoms with Crippen LogP contribution in [0.2, 0.25) is 0 Å². The maximum atomic E-state index is 8.75. The highest BCUT2D eigenvalue weighted by atomic mass is 16.3. The molecule has 1 N–H and O–H groups in total. The van der Waals surface area contributed by atoms with E-state index in [-0.39, 0.29) is 12.5 Å². The number of nitrogens with zero attached hydrogens (tertiary/aromatic N) is 1. The van der Waals surface area contributed by atoms with Crippen molar-refractivity contribution >= 4 is 0 Å². The van der Waals surface area contributed by atoms with Crippen molar-refractivity contribution in [1.29, 1.82) is 0 Å². The SMILES string of the molecule is CC(CO)c1ccccn1. The lowest BCUT2D eigenvalue weighted by atomic mass is 10.1. The highest BCUT2D eigenvalue weighted by Crippen LogP contribution is 2.08. The Morgan fingerprint density at radius 2 is 2.40 bits per heavy atom. The molecule has 0 saturated carbocycles. The minimum atomic E-state index is 0.154. The standard InChI is InChI=1S/C8H11NO/c1-7(6-10)8-4-2-3-5-9-8/h2-5,7,10H,6H2,1H3. The largest absolute Gasteiger partial charge is 0.396 e. The van der Waals surface area contributed by atoms with Crippen LogP contribution in [0.1, 0.15) is 18.5 Å². The molecule has 1 atom stereocenters. The lowest BCUT2D eigenvalue weighted by Crippen LogP contribution is -2.00. The van der Waals surface area contributed by atoms with Crippen LogP contribution in [0, 0.1) is 0 Å². The molecule has 1 heterocycles. The third-order valence-electron chi connectivity index (χ3n) is 1.47. The minimum absolute atomic E-state index is 0.154. The summed E-state index contributed by atoms with van der Waals surface area (Å²) in [7, 11) is 0. The molecule has 2 heteroatoms. The van der Waals surface area contributed by atoms with Crippen molar-refractivity contribution < 1.29 is 5.11 Å². The Labute approximate surface area is 60.5 Å². The molecule has 0 bridgehead atoms. The van der Waals surface area contributed by atoms with Gasteiger partial charge in [0.25, 0.3) is 0 Å². The average molecular weight is 137 g/mol. The van der Waals surface area contributed by atoms with E-state index >= 15 is 0 Å². The molecule has 2 nitrogen and oxygen atoms in total. The Morgan fingerprint density at radius 1 is 1.60 bits per heavy atom. The van der Waals surface area contributed by atoms with Crippen LogP contribution in [-0.4, -0.2) is 16.7 Å². The van der Waals surface area contributed by atoms with E-state index in [0.29, 0.717) is 0 Å². The summed E-state index contributed by atoms with van der Waals surface area (Å²) in [5, 5.41) is 8.75. The number of hydrogen-bond acceptors (Lipinski definition) is 2. The van der Waals surface area contributed by atoms with Gasteiger partial charge in [-0.15, -0.1) is 0 Å². The summed E-state index contributed by atoms with van der Waals surface area (Å²) >= 11 is 0. The molecule has 1 unspecified atom stereocenters. The first kappa shape index (κ1) is 7.22. The Balaban J connectivity index is 2.75. The van der Waals surface area contributed by atoms with Crippen molar-refractivity contribution in [2.24, 2.45) is 0 Å². The van der Waals surface area contributed by atoms with Crippen molar-refractivity contribution in [2.45, 2.75) is 12.8 Å². The number of hydrogen-bond donors (Lipinski definition) is 1. The smallest absolute Gasteiger partial charge is 0.0512 e. The highest BCUT2D eigenvalue weighted by molar-refractivity contribution is 5.07. The van der Waals surface area contributed by atoms with E-state index in [9.17, 15) is 0 Å². The Hall–Kier alpha value is -0.890. The van der Waals surface area contributed by atoms with Crippen LogP contribution >= 0.6 is 0 Å². The van der Waals surface area contributed by atoms with Gasteiger partial charge in [0.15, 0.2) is 0 Å². The molecule has 0 amide bonds. The fraction of sp³-hybridized carbons (Fsp3) is 0.375. The van der Waals surface area contributed by atoms with Crippen molar-refractivity contribution in [3.8, 4) is 0 Å². The van der Waals surface area contributed by atoms with E-state index in [4.69, 9.17) is 5.11 Å². The van der Waals surface area contributed by atoms with E-state index in [1.807, 2.05) is 25.1 Å². The molecule has 0 aliphatic carbocycles. The maximum Gasteiger partial charge on any atom is 0.0512 e. The van der Waals surface area contributed by atoms with Gasteiger partial charge >= 0.3 is 0 Å². The Morgan fingerprint density at radius 3 is 2.90 bits per heavy atom. The zero-order valence-electron chi connectivity index (χ0n) is 5.99. The molecular weight excluding hydrogens is 126 g/mol. The van der Waals surface area contributed by atoms with E-state index in [2.05, 4.69) is 4.98 Å². The van der Waals surface area contributed by atoms with Crippen molar-refractivity contribution in [1.82, 2.24) is 4.98 Å². The molecule has 54 valence electrons. The molecule has 1 aromatic heterocycles. The molecule has 0 radical (unpaired) electrons. The summed E-state index contributed by atoms with van der Waals surface area (Å²) in [4.78, 5) is 4.09. The van der Waals surface area contributed by atoms with Crippen molar-refractivity contribution in [3.05, 3.63) is 30.1 Å². The van der Waals surface area contributed by atoms with Crippen LogP contribution in [0.15, 0.2) is 24.4 Å².